The second-order valence-corrected chi connectivity index (χ2v) is 7.50. The lowest BCUT2D eigenvalue weighted by molar-refractivity contribution is 0.602. The van der Waals surface area contributed by atoms with Gasteiger partial charge in [-0.05, 0) is 47.9 Å². The Hall–Kier alpha value is -3.46. The molecule has 0 radical (unpaired) electrons. The molecule has 2 nitrogen and oxygen atoms in total. The van der Waals surface area contributed by atoms with Crippen LogP contribution in [0.25, 0.3) is 22.3 Å². The molecule has 29 heavy (non-hydrogen) atoms. The van der Waals surface area contributed by atoms with Crippen molar-refractivity contribution in [3.8, 4) is 28.0 Å². The highest BCUT2D eigenvalue weighted by atomic mass is 16.5. The third-order valence-electron chi connectivity index (χ3n) is 5.67. The van der Waals surface area contributed by atoms with Crippen LogP contribution in [0.4, 0.5) is 5.69 Å². The Bertz CT molecular complexity index is 1100. The van der Waals surface area contributed by atoms with Crippen molar-refractivity contribution in [2.24, 2.45) is 0 Å². The predicted molar refractivity (Wildman–Crippen MR) is 123 cm³/mol. The number of para-hydroxylation sites is 1. The van der Waals surface area contributed by atoms with Crippen molar-refractivity contribution in [2.45, 2.75) is 6.92 Å². The first kappa shape index (κ1) is 17.6. The van der Waals surface area contributed by atoms with Crippen molar-refractivity contribution >= 4 is 18.2 Å². The molecule has 0 amide bonds. The predicted octanol–water partition coefficient (Wildman–Crippen LogP) is 5.55. The Morgan fingerprint density at radius 2 is 1.21 bits per heavy atom. The Balaban J connectivity index is 1.74. The maximum absolute atomic E-state index is 6.54. The van der Waals surface area contributed by atoms with E-state index in [1.54, 1.807) is 0 Å². The highest BCUT2D eigenvalue weighted by molar-refractivity contribution is 6.75. The van der Waals surface area contributed by atoms with Gasteiger partial charge in [-0.25, -0.2) is 0 Å². The largest absolute Gasteiger partial charge is 0.536 e. The van der Waals surface area contributed by atoms with Crippen molar-refractivity contribution in [1.82, 2.24) is 0 Å². The van der Waals surface area contributed by atoms with Gasteiger partial charge in [-0.2, -0.15) is 0 Å². The summed E-state index contributed by atoms with van der Waals surface area (Å²) in [4.78, 5) is 2.26. The van der Waals surface area contributed by atoms with Gasteiger partial charge < -0.3 is 9.47 Å². The third-order valence-corrected chi connectivity index (χ3v) is 5.67. The fraction of sp³-hybridized carbons (Fsp3) is 0.0769. The number of aryl methyl sites for hydroxylation is 1. The van der Waals surface area contributed by atoms with E-state index in [9.17, 15) is 0 Å². The molecule has 0 N–H and O–H groups in total. The highest BCUT2D eigenvalue weighted by Crippen LogP contribution is 2.39. The number of hydrogen-bond acceptors (Lipinski definition) is 2. The van der Waals surface area contributed by atoms with E-state index in [0.717, 1.165) is 5.75 Å². The highest BCUT2D eigenvalue weighted by Gasteiger charge is 2.40. The summed E-state index contributed by atoms with van der Waals surface area (Å²) in [5.74, 6) is 0.944. The molecule has 0 unspecified atom stereocenters. The number of hydrogen-bond donors (Lipinski definition) is 0. The maximum Gasteiger partial charge on any atom is 0.520 e. The molecule has 0 atom stereocenters. The normalized spacial score (nSPS) is 12.6. The SMILES string of the molecule is Cc1cccc2c1N(C)B(c1c(-c3ccccc3)cccc1-c1ccccc1)O2. The lowest BCUT2D eigenvalue weighted by atomic mass is 9.65. The van der Waals surface area contributed by atoms with Gasteiger partial charge in [0.2, 0.25) is 0 Å². The van der Waals surface area contributed by atoms with E-state index in [1.165, 1.54) is 39.0 Å². The molecular formula is C26H22BNO. The zero-order valence-electron chi connectivity index (χ0n) is 16.7. The van der Waals surface area contributed by atoms with Crippen LogP contribution >= 0.6 is 0 Å². The van der Waals surface area contributed by atoms with Gasteiger partial charge in [-0.3, -0.25) is 0 Å². The third kappa shape index (κ3) is 2.99. The number of nitrogens with zero attached hydrogens (tertiary/aromatic N) is 1. The summed E-state index contributed by atoms with van der Waals surface area (Å²) in [6, 6.07) is 33.9. The van der Waals surface area contributed by atoms with Crippen molar-refractivity contribution in [2.75, 3.05) is 11.9 Å². The quantitative estimate of drug-likeness (QED) is 0.435. The smallest absolute Gasteiger partial charge is 0.520 e. The lowest BCUT2D eigenvalue weighted by Gasteiger charge is -2.23. The average molecular weight is 375 g/mol. The minimum atomic E-state index is -0.183. The number of rotatable bonds is 3. The molecule has 0 bridgehead atoms. The second-order valence-electron chi connectivity index (χ2n) is 7.50. The van der Waals surface area contributed by atoms with Gasteiger partial charge in [0, 0.05) is 5.46 Å². The van der Waals surface area contributed by atoms with Crippen molar-refractivity contribution in [1.29, 1.82) is 0 Å². The molecule has 0 saturated heterocycles. The van der Waals surface area contributed by atoms with E-state index >= 15 is 0 Å². The van der Waals surface area contributed by atoms with E-state index in [-0.39, 0.29) is 7.05 Å². The van der Waals surface area contributed by atoms with E-state index in [1.807, 2.05) is 0 Å². The zero-order valence-corrected chi connectivity index (χ0v) is 16.7. The molecule has 0 spiro atoms. The van der Waals surface area contributed by atoms with Crippen LogP contribution < -0.4 is 14.9 Å². The molecular weight excluding hydrogens is 353 g/mol. The topological polar surface area (TPSA) is 12.5 Å². The molecule has 4 aromatic rings. The van der Waals surface area contributed by atoms with Crippen LogP contribution in [0.3, 0.4) is 0 Å². The summed E-state index contributed by atoms with van der Waals surface area (Å²) in [7, 11) is 1.94. The van der Waals surface area contributed by atoms with E-state index in [4.69, 9.17) is 4.65 Å². The molecule has 0 aromatic heterocycles. The molecule has 1 aliphatic heterocycles. The van der Waals surface area contributed by atoms with Crippen molar-refractivity contribution < 1.29 is 4.65 Å². The van der Waals surface area contributed by atoms with Gasteiger partial charge in [-0.15, -0.1) is 0 Å². The zero-order chi connectivity index (χ0) is 19.8. The summed E-state index contributed by atoms with van der Waals surface area (Å²) < 4.78 is 6.54. The van der Waals surface area contributed by atoms with Crippen molar-refractivity contribution in [3.05, 3.63) is 103 Å². The van der Waals surface area contributed by atoms with Crippen LogP contribution in [0.2, 0.25) is 0 Å². The maximum atomic E-state index is 6.54. The summed E-state index contributed by atoms with van der Waals surface area (Å²) in [5.41, 5.74) is 8.40. The minimum absolute atomic E-state index is 0.183. The average Bonchev–Trinajstić information content (AvgIpc) is 3.12. The van der Waals surface area contributed by atoms with Crippen LogP contribution in [0.1, 0.15) is 5.56 Å². The van der Waals surface area contributed by atoms with Crippen molar-refractivity contribution in [3.63, 3.8) is 0 Å². The summed E-state index contributed by atoms with van der Waals surface area (Å²) in [6.45, 7) is 2.14. The van der Waals surface area contributed by atoms with Crippen LogP contribution in [-0.2, 0) is 0 Å². The van der Waals surface area contributed by atoms with Gasteiger partial charge >= 0.3 is 7.05 Å². The Morgan fingerprint density at radius 3 is 1.76 bits per heavy atom. The fourth-order valence-corrected chi connectivity index (χ4v) is 4.32. The lowest BCUT2D eigenvalue weighted by Crippen LogP contribution is -2.49. The number of benzene rings is 4. The van der Waals surface area contributed by atoms with E-state index in [2.05, 4.69) is 116 Å². The molecule has 3 heteroatoms. The monoisotopic (exact) mass is 375 g/mol. The summed E-state index contributed by atoms with van der Waals surface area (Å²) in [5, 5.41) is 0. The number of fused-ring (bicyclic) bond motifs is 1. The summed E-state index contributed by atoms with van der Waals surface area (Å²) in [6.07, 6.45) is 0. The molecule has 1 heterocycles. The van der Waals surface area contributed by atoms with Gasteiger partial charge in [0.15, 0.2) is 0 Å². The van der Waals surface area contributed by atoms with Crippen LogP contribution in [-0.4, -0.2) is 14.1 Å². The second kappa shape index (κ2) is 7.18. The Morgan fingerprint density at radius 1 is 0.655 bits per heavy atom. The van der Waals surface area contributed by atoms with E-state index < -0.39 is 0 Å². The first-order valence-electron chi connectivity index (χ1n) is 9.97. The molecule has 5 rings (SSSR count). The molecule has 140 valence electrons. The number of anilines is 1. The first-order chi connectivity index (χ1) is 14.2. The van der Waals surface area contributed by atoms with Gasteiger partial charge in [0.05, 0.1) is 5.69 Å². The van der Waals surface area contributed by atoms with Crippen LogP contribution in [0.5, 0.6) is 5.75 Å². The summed E-state index contributed by atoms with van der Waals surface area (Å²) >= 11 is 0. The Kier molecular flexibility index (Phi) is 4.36. The first-order valence-corrected chi connectivity index (χ1v) is 9.97. The molecule has 1 aliphatic rings. The van der Waals surface area contributed by atoms with Crippen LogP contribution in [0.15, 0.2) is 97.1 Å². The van der Waals surface area contributed by atoms with Gasteiger partial charge in [0.25, 0.3) is 0 Å². The molecule has 4 aromatic carbocycles. The minimum Gasteiger partial charge on any atom is -0.536 e. The Labute approximate surface area is 172 Å². The molecule has 0 saturated carbocycles. The molecule has 0 aliphatic carbocycles. The standard InChI is InChI=1S/C26H22BNO/c1-19-11-9-18-24-26(19)28(2)27(29-24)25-22(20-12-5-3-6-13-20)16-10-17-23(25)21-14-7-4-8-15-21/h3-18H,1-2H3. The van der Waals surface area contributed by atoms with E-state index in [0.29, 0.717) is 0 Å². The fourth-order valence-electron chi connectivity index (χ4n) is 4.32. The van der Waals surface area contributed by atoms with Gasteiger partial charge in [-0.1, -0.05) is 91.0 Å². The molecule has 0 fully saturated rings. The van der Waals surface area contributed by atoms with Gasteiger partial charge in [0.1, 0.15) is 5.75 Å². The van der Waals surface area contributed by atoms with Crippen LogP contribution in [0, 0.1) is 6.92 Å².